The summed E-state index contributed by atoms with van der Waals surface area (Å²) in [7, 11) is 0.591. The van der Waals surface area contributed by atoms with Crippen LogP contribution in [-0.2, 0) is 14.8 Å². The van der Waals surface area contributed by atoms with Crippen molar-refractivity contribution in [1.29, 1.82) is 0 Å². The van der Waals surface area contributed by atoms with Gasteiger partial charge in [-0.1, -0.05) is 0 Å². The van der Waals surface area contributed by atoms with Gasteiger partial charge in [0.2, 0.25) is 15.9 Å². The van der Waals surface area contributed by atoms with Crippen LogP contribution < -0.4 is 10.1 Å². The number of carbonyl (C=O) groups excluding carboxylic acids is 2. The second kappa shape index (κ2) is 8.26. The zero-order chi connectivity index (χ0) is 21.2. The van der Waals surface area contributed by atoms with Crippen molar-refractivity contribution in [3.05, 3.63) is 42.4 Å². The molecule has 0 bridgehead atoms. The molecule has 2 aromatic rings. The fourth-order valence-electron chi connectivity index (χ4n) is 3.20. The molecule has 10 heteroatoms. The Kier molecular flexibility index (Phi) is 5.94. The summed E-state index contributed by atoms with van der Waals surface area (Å²) in [5, 5.41) is 2.71. The third-order valence-electron chi connectivity index (χ3n) is 4.76. The monoisotopic (exact) mass is 421 g/mol. The van der Waals surface area contributed by atoms with Crippen molar-refractivity contribution >= 4 is 27.5 Å². The number of carbonyl (C=O) groups is 2. The van der Waals surface area contributed by atoms with Crippen LogP contribution in [0.4, 0.5) is 5.69 Å². The molecule has 29 heavy (non-hydrogen) atoms. The molecule has 1 aliphatic rings. The zero-order valence-electron chi connectivity index (χ0n) is 16.4. The predicted octanol–water partition coefficient (Wildman–Crippen LogP) is 1.78. The van der Waals surface area contributed by atoms with Gasteiger partial charge in [-0.3, -0.25) is 9.59 Å². The molecule has 1 saturated heterocycles. The molecule has 2 amide bonds. The Labute approximate surface area is 169 Å². The number of hydrogen-bond acceptors (Lipinski definition) is 6. The number of rotatable bonds is 6. The Morgan fingerprint density at radius 3 is 2.66 bits per heavy atom. The third-order valence-corrected chi connectivity index (χ3v) is 6.57. The summed E-state index contributed by atoms with van der Waals surface area (Å²) in [6.45, 7) is 0.434. The first kappa shape index (κ1) is 20.9. The highest BCUT2D eigenvalue weighted by Gasteiger charge is 2.36. The van der Waals surface area contributed by atoms with Gasteiger partial charge in [0.1, 0.15) is 11.8 Å². The quantitative estimate of drug-likeness (QED) is 0.762. The molecule has 1 N–H and O–H groups in total. The molecule has 1 aromatic carbocycles. The number of nitrogens with one attached hydrogen (secondary N) is 1. The summed E-state index contributed by atoms with van der Waals surface area (Å²) in [5.41, 5.74) is 0.220. The first-order valence-corrected chi connectivity index (χ1v) is 10.5. The number of amides is 2. The molecule has 0 saturated carbocycles. The second-order valence-corrected chi connectivity index (χ2v) is 8.92. The van der Waals surface area contributed by atoms with Crippen LogP contribution in [0.3, 0.4) is 0 Å². The van der Waals surface area contributed by atoms with E-state index in [0.29, 0.717) is 25.1 Å². The number of sulfonamides is 1. The van der Waals surface area contributed by atoms with E-state index in [1.54, 1.807) is 12.1 Å². The lowest BCUT2D eigenvalue weighted by Gasteiger charge is -2.23. The molecule has 1 atom stereocenters. The molecule has 1 aliphatic heterocycles. The summed E-state index contributed by atoms with van der Waals surface area (Å²) in [5.74, 6) is -0.289. The van der Waals surface area contributed by atoms with Gasteiger partial charge in [0.05, 0.1) is 24.0 Å². The number of methoxy groups -OCH3 is 1. The fraction of sp³-hybridized carbons (Fsp3) is 0.368. The van der Waals surface area contributed by atoms with Crippen LogP contribution in [0.25, 0.3) is 0 Å². The maximum Gasteiger partial charge on any atom is 0.290 e. The zero-order valence-corrected chi connectivity index (χ0v) is 17.2. The smallest absolute Gasteiger partial charge is 0.290 e. The lowest BCUT2D eigenvalue weighted by atomic mass is 10.2. The third kappa shape index (κ3) is 4.13. The molecular formula is C19H23N3O6S. The summed E-state index contributed by atoms with van der Waals surface area (Å²) in [4.78, 5) is 27.0. The lowest BCUT2D eigenvalue weighted by molar-refractivity contribution is -0.119. The number of likely N-dealkylation sites (tertiary alicyclic amines) is 1. The molecule has 0 aliphatic carbocycles. The summed E-state index contributed by atoms with van der Waals surface area (Å²) >= 11 is 0. The van der Waals surface area contributed by atoms with Crippen molar-refractivity contribution in [2.24, 2.45) is 0 Å². The first-order valence-electron chi connectivity index (χ1n) is 9.01. The molecule has 2 heterocycles. The number of anilines is 1. The normalized spacial score (nSPS) is 16.8. The summed E-state index contributed by atoms with van der Waals surface area (Å²) in [6, 6.07) is 6.71. The second-order valence-electron chi connectivity index (χ2n) is 6.77. The largest absolute Gasteiger partial charge is 0.495 e. The van der Waals surface area contributed by atoms with Gasteiger partial charge in [-0.05, 0) is 43.2 Å². The highest BCUT2D eigenvalue weighted by molar-refractivity contribution is 7.89. The van der Waals surface area contributed by atoms with Gasteiger partial charge < -0.3 is 19.4 Å². The van der Waals surface area contributed by atoms with Crippen molar-refractivity contribution < 1.29 is 27.2 Å². The number of ether oxygens (including phenoxy) is 1. The fourth-order valence-corrected chi connectivity index (χ4v) is 4.12. The van der Waals surface area contributed by atoms with Crippen molar-refractivity contribution in [2.75, 3.05) is 33.1 Å². The van der Waals surface area contributed by atoms with Crippen molar-refractivity contribution in [1.82, 2.24) is 9.21 Å². The van der Waals surface area contributed by atoms with Gasteiger partial charge in [-0.2, -0.15) is 0 Å². The Morgan fingerprint density at radius 1 is 1.28 bits per heavy atom. The average Bonchev–Trinajstić information content (AvgIpc) is 3.39. The molecule has 1 aromatic heterocycles. The minimum Gasteiger partial charge on any atom is -0.495 e. The van der Waals surface area contributed by atoms with E-state index in [0.717, 1.165) is 4.31 Å². The molecule has 0 radical (unpaired) electrons. The van der Waals surface area contributed by atoms with E-state index >= 15 is 0 Å². The van der Waals surface area contributed by atoms with Gasteiger partial charge in [-0.25, -0.2) is 12.7 Å². The molecule has 1 fully saturated rings. The Morgan fingerprint density at radius 2 is 2.03 bits per heavy atom. The van der Waals surface area contributed by atoms with Crippen LogP contribution in [-0.4, -0.2) is 63.2 Å². The number of nitrogens with zero attached hydrogens (tertiary/aromatic N) is 2. The number of hydrogen-bond donors (Lipinski definition) is 1. The van der Waals surface area contributed by atoms with E-state index in [1.807, 2.05) is 0 Å². The van der Waals surface area contributed by atoms with Crippen LogP contribution >= 0.6 is 0 Å². The highest BCUT2D eigenvalue weighted by Crippen LogP contribution is 2.30. The summed E-state index contributed by atoms with van der Waals surface area (Å²) < 4.78 is 36.3. The molecule has 0 unspecified atom stereocenters. The Bertz CT molecular complexity index is 1000. The van der Waals surface area contributed by atoms with Gasteiger partial charge in [0.25, 0.3) is 5.91 Å². The van der Waals surface area contributed by atoms with Crippen molar-refractivity contribution in [3.63, 3.8) is 0 Å². The Hall–Kier alpha value is -2.85. The van der Waals surface area contributed by atoms with Crippen LogP contribution in [0.5, 0.6) is 5.75 Å². The van der Waals surface area contributed by atoms with E-state index in [2.05, 4.69) is 5.32 Å². The van der Waals surface area contributed by atoms with E-state index in [9.17, 15) is 18.0 Å². The first-order chi connectivity index (χ1) is 13.8. The molecule has 3 rings (SSSR count). The van der Waals surface area contributed by atoms with E-state index < -0.39 is 22.0 Å². The Balaban J connectivity index is 1.85. The maximum absolute atomic E-state index is 12.9. The van der Waals surface area contributed by atoms with Crippen LogP contribution in [0.15, 0.2) is 45.9 Å². The van der Waals surface area contributed by atoms with E-state index in [-0.39, 0.29) is 22.3 Å². The van der Waals surface area contributed by atoms with Crippen LogP contribution in [0.2, 0.25) is 0 Å². The van der Waals surface area contributed by atoms with E-state index in [1.165, 1.54) is 50.6 Å². The van der Waals surface area contributed by atoms with Crippen molar-refractivity contribution in [3.8, 4) is 5.75 Å². The van der Waals surface area contributed by atoms with Crippen LogP contribution in [0, 0.1) is 0 Å². The minimum absolute atomic E-state index is 0.0218. The lowest BCUT2D eigenvalue weighted by Crippen LogP contribution is -2.43. The van der Waals surface area contributed by atoms with Crippen LogP contribution in [0.1, 0.15) is 23.4 Å². The maximum atomic E-state index is 12.9. The predicted molar refractivity (Wildman–Crippen MR) is 105 cm³/mol. The van der Waals surface area contributed by atoms with Gasteiger partial charge in [0.15, 0.2) is 5.76 Å². The molecule has 9 nitrogen and oxygen atoms in total. The van der Waals surface area contributed by atoms with Gasteiger partial charge in [0, 0.05) is 20.6 Å². The minimum atomic E-state index is -3.68. The molecular weight excluding hydrogens is 398 g/mol. The average molecular weight is 421 g/mol. The SMILES string of the molecule is COc1ccc(S(=O)(=O)N(C)C)cc1NC(=O)[C@@H]1CCCN1C(=O)c1ccco1. The number of furan rings is 1. The standard InChI is InChI=1S/C19H23N3O6S/c1-21(2)29(25,26)13-8-9-16(27-3)14(12-13)20-18(23)15-6-4-10-22(15)19(24)17-7-5-11-28-17/h5,7-9,11-12,15H,4,6,10H2,1-3H3,(H,20,23)/t15-/m0/s1. The highest BCUT2D eigenvalue weighted by atomic mass is 32.2. The van der Waals surface area contributed by atoms with E-state index in [4.69, 9.17) is 9.15 Å². The topological polar surface area (TPSA) is 109 Å². The summed E-state index contributed by atoms with van der Waals surface area (Å²) in [6.07, 6.45) is 2.58. The molecule has 0 spiro atoms. The van der Waals surface area contributed by atoms with Gasteiger partial charge >= 0.3 is 0 Å². The van der Waals surface area contributed by atoms with Gasteiger partial charge in [-0.15, -0.1) is 0 Å². The van der Waals surface area contributed by atoms with Crippen molar-refractivity contribution in [2.45, 2.75) is 23.8 Å². The number of benzene rings is 1. The molecule has 156 valence electrons.